The molecule has 1 fully saturated rings. The van der Waals surface area contributed by atoms with Gasteiger partial charge < -0.3 is 10.6 Å². The lowest BCUT2D eigenvalue weighted by molar-refractivity contribution is 0.102. The van der Waals surface area contributed by atoms with Gasteiger partial charge in [-0.2, -0.15) is 0 Å². The number of pyridine rings is 1. The summed E-state index contributed by atoms with van der Waals surface area (Å²) >= 11 is 0. The van der Waals surface area contributed by atoms with Crippen LogP contribution in [0.5, 0.6) is 0 Å². The molecule has 3 heterocycles. The number of carbonyl (C=O) groups is 2. The van der Waals surface area contributed by atoms with E-state index in [4.69, 9.17) is 0 Å². The summed E-state index contributed by atoms with van der Waals surface area (Å²) in [5.74, 6) is -0.249. The van der Waals surface area contributed by atoms with E-state index in [0.29, 0.717) is 24.5 Å². The van der Waals surface area contributed by atoms with Crippen LogP contribution >= 0.6 is 0 Å². The molecule has 3 aromatic rings. The number of urea groups is 1. The molecule has 2 aromatic heterocycles. The lowest BCUT2D eigenvalue weighted by Crippen LogP contribution is -2.27. The van der Waals surface area contributed by atoms with Crippen molar-refractivity contribution in [3.05, 3.63) is 60.0 Å². The minimum atomic E-state index is -0.249. The average molecular weight is 335 g/mol. The van der Waals surface area contributed by atoms with Gasteiger partial charge in [-0.25, -0.2) is 9.78 Å². The third-order valence-corrected chi connectivity index (χ3v) is 4.16. The Balaban J connectivity index is 1.60. The first-order valence-corrected chi connectivity index (χ1v) is 8.02. The van der Waals surface area contributed by atoms with Crippen molar-refractivity contribution in [3.8, 4) is 0 Å². The van der Waals surface area contributed by atoms with Crippen LogP contribution in [0.15, 0.2) is 48.8 Å². The van der Waals surface area contributed by atoms with Gasteiger partial charge in [-0.05, 0) is 36.8 Å². The second-order valence-electron chi connectivity index (χ2n) is 5.97. The molecule has 126 valence electrons. The van der Waals surface area contributed by atoms with Crippen LogP contribution in [0, 0.1) is 6.92 Å². The van der Waals surface area contributed by atoms with E-state index in [1.807, 2.05) is 37.4 Å². The molecule has 3 amide bonds. The van der Waals surface area contributed by atoms with Gasteiger partial charge in [0.05, 0.1) is 6.20 Å². The van der Waals surface area contributed by atoms with E-state index in [2.05, 4.69) is 15.6 Å². The lowest BCUT2D eigenvalue weighted by atomic mass is 10.2. The Hall–Kier alpha value is -3.35. The summed E-state index contributed by atoms with van der Waals surface area (Å²) in [5.41, 5.74) is 3.61. The number of nitrogens with one attached hydrogen (secondary N) is 2. The van der Waals surface area contributed by atoms with E-state index in [1.54, 1.807) is 27.6 Å². The van der Waals surface area contributed by atoms with Crippen LogP contribution < -0.4 is 15.5 Å². The Morgan fingerprint density at radius 3 is 2.96 bits per heavy atom. The van der Waals surface area contributed by atoms with Crippen LogP contribution in [0.3, 0.4) is 0 Å². The van der Waals surface area contributed by atoms with Crippen LogP contribution in [0.25, 0.3) is 5.65 Å². The predicted octanol–water partition coefficient (Wildman–Crippen LogP) is 2.42. The highest BCUT2D eigenvalue weighted by atomic mass is 16.2. The molecule has 1 saturated heterocycles. The number of rotatable bonds is 3. The molecule has 0 bridgehead atoms. The van der Waals surface area contributed by atoms with Crippen molar-refractivity contribution >= 4 is 29.0 Å². The molecule has 0 saturated carbocycles. The van der Waals surface area contributed by atoms with E-state index in [1.165, 1.54) is 0 Å². The van der Waals surface area contributed by atoms with Gasteiger partial charge in [-0.3, -0.25) is 14.1 Å². The Labute approximate surface area is 144 Å². The molecule has 0 atom stereocenters. The average Bonchev–Trinajstić information content (AvgIpc) is 3.20. The molecule has 1 aliphatic heterocycles. The van der Waals surface area contributed by atoms with Crippen LogP contribution in [-0.2, 0) is 0 Å². The summed E-state index contributed by atoms with van der Waals surface area (Å²) in [6.45, 7) is 3.20. The lowest BCUT2D eigenvalue weighted by Gasteiger charge is -2.15. The van der Waals surface area contributed by atoms with Crippen LogP contribution in [0.1, 0.15) is 16.1 Å². The summed E-state index contributed by atoms with van der Waals surface area (Å²) in [7, 11) is 0. The minimum absolute atomic E-state index is 0.124. The van der Waals surface area contributed by atoms with Crippen LogP contribution in [0.4, 0.5) is 16.2 Å². The normalized spacial score (nSPS) is 14.0. The molecule has 25 heavy (non-hydrogen) atoms. The van der Waals surface area contributed by atoms with Crippen molar-refractivity contribution < 1.29 is 9.59 Å². The number of hydrogen-bond acceptors (Lipinski definition) is 3. The van der Waals surface area contributed by atoms with Crippen molar-refractivity contribution in [3.63, 3.8) is 0 Å². The summed E-state index contributed by atoms with van der Waals surface area (Å²) in [6, 6.07) is 10.9. The van der Waals surface area contributed by atoms with Crippen LogP contribution in [0.2, 0.25) is 0 Å². The van der Waals surface area contributed by atoms with E-state index in [0.717, 1.165) is 16.9 Å². The highest BCUT2D eigenvalue weighted by Gasteiger charge is 2.21. The number of imidazole rings is 1. The minimum Gasteiger partial charge on any atom is -0.336 e. The smallest absolute Gasteiger partial charge is 0.321 e. The molecule has 0 aliphatic carbocycles. The summed E-state index contributed by atoms with van der Waals surface area (Å²) in [5, 5.41) is 5.64. The largest absolute Gasteiger partial charge is 0.336 e. The van der Waals surface area contributed by atoms with Gasteiger partial charge in [-0.1, -0.05) is 12.1 Å². The Kier molecular flexibility index (Phi) is 3.61. The first-order chi connectivity index (χ1) is 12.1. The van der Waals surface area contributed by atoms with Gasteiger partial charge in [0, 0.05) is 30.7 Å². The van der Waals surface area contributed by atoms with Gasteiger partial charge in [0.25, 0.3) is 5.91 Å². The Bertz CT molecular complexity index is 979. The van der Waals surface area contributed by atoms with Gasteiger partial charge >= 0.3 is 6.03 Å². The van der Waals surface area contributed by atoms with E-state index >= 15 is 0 Å². The Morgan fingerprint density at radius 2 is 2.16 bits per heavy atom. The Morgan fingerprint density at radius 1 is 1.28 bits per heavy atom. The second kappa shape index (κ2) is 5.94. The number of amides is 3. The van der Waals surface area contributed by atoms with Crippen molar-refractivity contribution in [2.75, 3.05) is 23.3 Å². The van der Waals surface area contributed by atoms with Crippen molar-refractivity contribution in [1.82, 2.24) is 14.7 Å². The quantitative estimate of drug-likeness (QED) is 0.771. The van der Waals surface area contributed by atoms with E-state index < -0.39 is 0 Å². The molecule has 0 radical (unpaired) electrons. The molecular weight excluding hydrogens is 318 g/mol. The fourth-order valence-corrected chi connectivity index (χ4v) is 2.92. The van der Waals surface area contributed by atoms with E-state index in [9.17, 15) is 9.59 Å². The summed E-state index contributed by atoms with van der Waals surface area (Å²) in [6.07, 6.45) is 3.43. The van der Waals surface area contributed by atoms with Gasteiger partial charge in [-0.15, -0.1) is 0 Å². The van der Waals surface area contributed by atoms with Crippen molar-refractivity contribution in [1.29, 1.82) is 0 Å². The number of anilines is 2. The molecule has 7 nitrogen and oxygen atoms in total. The number of aromatic nitrogens is 2. The third kappa shape index (κ3) is 2.80. The van der Waals surface area contributed by atoms with Gasteiger partial charge in [0.15, 0.2) is 0 Å². The molecule has 1 aromatic carbocycles. The fourth-order valence-electron chi connectivity index (χ4n) is 2.92. The van der Waals surface area contributed by atoms with Crippen molar-refractivity contribution in [2.24, 2.45) is 0 Å². The SMILES string of the molecule is Cc1ccc2ncc(C(=O)Nc3cccc(N4CCNC4=O)c3)n2c1. The summed E-state index contributed by atoms with van der Waals surface area (Å²) < 4.78 is 1.77. The number of nitrogens with zero attached hydrogens (tertiary/aromatic N) is 3. The number of hydrogen-bond donors (Lipinski definition) is 2. The summed E-state index contributed by atoms with van der Waals surface area (Å²) in [4.78, 5) is 30.3. The van der Waals surface area contributed by atoms with Gasteiger partial charge in [0.1, 0.15) is 11.3 Å². The zero-order valence-corrected chi connectivity index (χ0v) is 13.7. The highest BCUT2D eigenvalue weighted by molar-refractivity contribution is 6.04. The highest BCUT2D eigenvalue weighted by Crippen LogP contribution is 2.21. The number of fused-ring (bicyclic) bond motifs is 1. The molecular formula is C18H17N5O2. The molecule has 1 aliphatic rings. The first-order valence-electron chi connectivity index (χ1n) is 8.02. The maximum atomic E-state index is 12.6. The fraction of sp³-hybridized carbons (Fsp3) is 0.167. The van der Waals surface area contributed by atoms with Crippen molar-refractivity contribution in [2.45, 2.75) is 6.92 Å². The third-order valence-electron chi connectivity index (χ3n) is 4.16. The first kappa shape index (κ1) is 15.2. The number of aryl methyl sites for hydroxylation is 1. The topological polar surface area (TPSA) is 78.7 Å². The maximum absolute atomic E-state index is 12.6. The maximum Gasteiger partial charge on any atom is 0.321 e. The van der Waals surface area contributed by atoms with Gasteiger partial charge in [0.2, 0.25) is 0 Å². The number of carbonyl (C=O) groups excluding carboxylic acids is 2. The molecule has 2 N–H and O–H groups in total. The number of benzene rings is 1. The van der Waals surface area contributed by atoms with Crippen LogP contribution in [-0.4, -0.2) is 34.4 Å². The molecule has 0 spiro atoms. The molecule has 7 heteroatoms. The molecule has 4 rings (SSSR count). The zero-order chi connectivity index (χ0) is 17.4. The monoisotopic (exact) mass is 335 g/mol. The molecule has 0 unspecified atom stereocenters. The zero-order valence-electron chi connectivity index (χ0n) is 13.7. The van der Waals surface area contributed by atoms with E-state index in [-0.39, 0.29) is 11.9 Å². The predicted molar refractivity (Wildman–Crippen MR) is 95.1 cm³/mol. The second-order valence-corrected chi connectivity index (χ2v) is 5.97. The standard InChI is InChI=1S/C18H17N5O2/c1-12-5-6-16-20-10-15(23(16)11-12)17(24)21-13-3-2-4-14(9-13)22-8-7-19-18(22)25/h2-6,9-11H,7-8H2,1H3,(H,19,25)(H,21,24).